The first-order valence-electron chi connectivity index (χ1n) is 6.16. The van der Waals surface area contributed by atoms with Crippen LogP contribution in [0.3, 0.4) is 0 Å². The molecule has 94 valence electrons. The smallest absolute Gasteiger partial charge is 0.0885 e. The Bertz CT molecular complexity index is 511. The van der Waals surface area contributed by atoms with Crippen molar-refractivity contribution in [3.05, 3.63) is 55.1 Å². The zero-order valence-corrected chi connectivity index (χ0v) is 10.4. The van der Waals surface area contributed by atoms with Crippen LogP contribution in [0.15, 0.2) is 49.5 Å². The number of hydrogen-bond acceptors (Lipinski definition) is 3. The Labute approximate surface area is 107 Å². The molecule has 0 saturated carbocycles. The Hall–Kier alpha value is -1.87. The monoisotopic (exact) mass is 242 g/mol. The van der Waals surface area contributed by atoms with E-state index in [0.717, 1.165) is 26.1 Å². The number of ether oxygens (including phenoxy) is 1. The lowest BCUT2D eigenvalue weighted by atomic mass is 10.1. The van der Waals surface area contributed by atoms with Crippen LogP contribution in [0.1, 0.15) is 12.0 Å². The average molecular weight is 242 g/mol. The first kappa shape index (κ1) is 12.6. The maximum atomic E-state index is 5.06. The van der Waals surface area contributed by atoms with Crippen molar-refractivity contribution >= 4 is 10.8 Å². The number of fused-ring (bicyclic) bond motifs is 1. The van der Waals surface area contributed by atoms with Gasteiger partial charge in [0.05, 0.1) is 12.9 Å². The highest BCUT2D eigenvalue weighted by molar-refractivity contribution is 5.81. The van der Waals surface area contributed by atoms with E-state index < -0.39 is 0 Å². The van der Waals surface area contributed by atoms with E-state index in [1.54, 1.807) is 0 Å². The van der Waals surface area contributed by atoms with Gasteiger partial charge in [-0.05, 0) is 36.0 Å². The molecule has 0 aliphatic rings. The van der Waals surface area contributed by atoms with E-state index in [2.05, 4.69) is 35.1 Å². The number of nitrogens with one attached hydrogen (secondary N) is 1. The fourth-order valence-corrected chi connectivity index (χ4v) is 1.84. The van der Waals surface area contributed by atoms with Crippen molar-refractivity contribution in [3.8, 4) is 0 Å². The topological polar surface area (TPSA) is 34.1 Å². The molecule has 18 heavy (non-hydrogen) atoms. The number of benzene rings is 1. The SMILES string of the molecule is C=COCCCNCc1ccc2cnccc2c1. The largest absolute Gasteiger partial charge is 0.502 e. The minimum absolute atomic E-state index is 0.722. The molecule has 0 atom stereocenters. The molecular formula is C15H18N2O. The number of pyridine rings is 1. The molecule has 0 amide bonds. The van der Waals surface area contributed by atoms with E-state index >= 15 is 0 Å². The van der Waals surface area contributed by atoms with Crippen molar-refractivity contribution in [1.29, 1.82) is 0 Å². The summed E-state index contributed by atoms with van der Waals surface area (Å²) in [7, 11) is 0. The van der Waals surface area contributed by atoms with Crippen LogP contribution in [0, 0.1) is 0 Å². The van der Waals surface area contributed by atoms with Crippen molar-refractivity contribution in [1.82, 2.24) is 10.3 Å². The number of aromatic nitrogens is 1. The highest BCUT2D eigenvalue weighted by atomic mass is 16.5. The summed E-state index contributed by atoms with van der Waals surface area (Å²) in [5.74, 6) is 0. The highest BCUT2D eigenvalue weighted by Gasteiger charge is 1.96. The van der Waals surface area contributed by atoms with E-state index in [4.69, 9.17) is 4.74 Å². The third kappa shape index (κ3) is 3.57. The lowest BCUT2D eigenvalue weighted by Crippen LogP contribution is -2.15. The van der Waals surface area contributed by atoms with Gasteiger partial charge in [-0.1, -0.05) is 18.7 Å². The summed E-state index contributed by atoms with van der Waals surface area (Å²) in [6.07, 6.45) is 6.19. The van der Waals surface area contributed by atoms with Gasteiger partial charge in [0.15, 0.2) is 0 Å². The van der Waals surface area contributed by atoms with Crippen LogP contribution in [0.4, 0.5) is 0 Å². The van der Waals surface area contributed by atoms with Gasteiger partial charge in [0, 0.05) is 24.3 Å². The summed E-state index contributed by atoms with van der Waals surface area (Å²) in [6.45, 7) is 6.06. The van der Waals surface area contributed by atoms with Crippen molar-refractivity contribution in [2.24, 2.45) is 0 Å². The van der Waals surface area contributed by atoms with Gasteiger partial charge in [-0.25, -0.2) is 0 Å². The van der Waals surface area contributed by atoms with Gasteiger partial charge in [0.2, 0.25) is 0 Å². The molecule has 1 N–H and O–H groups in total. The lowest BCUT2D eigenvalue weighted by molar-refractivity contribution is 0.244. The normalized spacial score (nSPS) is 10.4. The second kappa shape index (κ2) is 6.77. The van der Waals surface area contributed by atoms with Crippen molar-refractivity contribution in [2.45, 2.75) is 13.0 Å². The molecule has 0 spiro atoms. The van der Waals surface area contributed by atoms with Crippen LogP contribution >= 0.6 is 0 Å². The summed E-state index contributed by atoms with van der Waals surface area (Å²) in [4.78, 5) is 4.11. The quantitative estimate of drug-likeness (QED) is 0.599. The van der Waals surface area contributed by atoms with Crippen molar-refractivity contribution in [2.75, 3.05) is 13.2 Å². The van der Waals surface area contributed by atoms with Gasteiger partial charge in [0.1, 0.15) is 0 Å². The van der Waals surface area contributed by atoms with Crippen LogP contribution in [0.5, 0.6) is 0 Å². The molecular weight excluding hydrogens is 224 g/mol. The summed E-state index contributed by atoms with van der Waals surface area (Å²) in [6, 6.07) is 8.48. The second-order valence-corrected chi connectivity index (χ2v) is 4.12. The van der Waals surface area contributed by atoms with Gasteiger partial charge < -0.3 is 10.1 Å². The molecule has 0 bridgehead atoms. The molecule has 0 fully saturated rings. The van der Waals surface area contributed by atoms with Crippen LogP contribution in [-0.4, -0.2) is 18.1 Å². The zero-order valence-electron chi connectivity index (χ0n) is 10.4. The summed E-state index contributed by atoms with van der Waals surface area (Å²) in [5, 5.41) is 5.81. The number of nitrogens with zero attached hydrogens (tertiary/aromatic N) is 1. The Morgan fingerprint density at radius 1 is 1.28 bits per heavy atom. The Morgan fingerprint density at radius 2 is 2.22 bits per heavy atom. The molecule has 2 aromatic rings. The van der Waals surface area contributed by atoms with Gasteiger partial charge in [-0.2, -0.15) is 0 Å². The minimum Gasteiger partial charge on any atom is -0.502 e. The maximum absolute atomic E-state index is 5.06. The van der Waals surface area contributed by atoms with E-state index in [1.807, 2.05) is 18.5 Å². The molecule has 3 nitrogen and oxygen atoms in total. The molecule has 0 unspecified atom stereocenters. The molecule has 2 rings (SSSR count). The fourth-order valence-electron chi connectivity index (χ4n) is 1.84. The predicted octanol–water partition coefficient (Wildman–Crippen LogP) is 2.87. The van der Waals surface area contributed by atoms with Crippen LogP contribution in [0.25, 0.3) is 10.8 Å². The first-order chi connectivity index (χ1) is 8.90. The Morgan fingerprint density at radius 3 is 3.11 bits per heavy atom. The van der Waals surface area contributed by atoms with E-state index in [-0.39, 0.29) is 0 Å². The van der Waals surface area contributed by atoms with Gasteiger partial charge in [-0.15, -0.1) is 0 Å². The molecule has 0 saturated heterocycles. The van der Waals surface area contributed by atoms with Gasteiger partial charge in [-0.3, -0.25) is 4.98 Å². The van der Waals surface area contributed by atoms with Crippen LogP contribution in [0.2, 0.25) is 0 Å². The van der Waals surface area contributed by atoms with Crippen molar-refractivity contribution in [3.63, 3.8) is 0 Å². The fraction of sp³-hybridized carbons (Fsp3) is 0.267. The molecule has 0 radical (unpaired) electrons. The molecule has 1 aromatic heterocycles. The molecule has 3 heteroatoms. The van der Waals surface area contributed by atoms with Gasteiger partial charge >= 0.3 is 0 Å². The Kier molecular flexibility index (Phi) is 4.73. The molecule has 0 aliphatic heterocycles. The minimum atomic E-state index is 0.722. The Balaban J connectivity index is 1.82. The predicted molar refractivity (Wildman–Crippen MR) is 74.2 cm³/mol. The number of hydrogen-bond donors (Lipinski definition) is 1. The second-order valence-electron chi connectivity index (χ2n) is 4.12. The standard InChI is InChI=1S/C15H18N2O/c1-2-18-9-3-7-16-11-13-4-5-15-12-17-8-6-14(15)10-13/h2,4-6,8,10,12,16H,1,3,7,9,11H2. The summed E-state index contributed by atoms with van der Waals surface area (Å²) < 4.78 is 5.06. The average Bonchev–Trinajstić information content (AvgIpc) is 2.42. The lowest BCUT2D eigenvalue weighted by Gasteiger charge is -2.06. The van der Waals surface area contributed by atoms with E-state index in [0.29, 0.717) is 0 Å². The third-order valence-corrected chi connectivity index (χ3v) is 2.77. The summed E-state index contributed by atoms with van der Waals surface area (Å²) >= 11 is 0. The third-order valence-electron chi connectivity index (χ3n) is 2.77. The van der Waals surface area contributed by atoms with Crippen molar-refractivity contribution < 1.29 is 4.74 Å². The maximum Gasteiger partial charge on any atom is 0.0885 e. The van der Waals surface area contributed by atoms with Crippen LogP contribution < -0.4 is 5.32 Å². The van der Waals surface area contributed by atoms with Crippen LogP contribution in [-0.2, 0) is 11.3 Å². The number of rotatable bonds is 7. The zero-order chi connectivity index (χ0) is 12.6. The van der Waals surface area contributed by atoms with E-state index in [1.165, 1.54) is 22.6 Å². The first-order valence-corrected chi connectivity index (χ1v) is 6.16. The highest BCUT2D eigenvalue weighted by Crippen LogP contribution is 2.14. The summed E-state index contributed by atoms with van der Waals surface area (Å²) in [5.41, 5.74) is 1.29. The molecule has 0 aliphatic carbocycles. The molecule has 1 aromatic carbocycles. The van der Waals surface area contributed by atoms with E-state index in [9.17, 15) is 0 Å². The molecule has 1 heterocycles. The van der Waals surface area contributed by atoms with Gasteiger partial charge in [0.25, 0.3) is 0 Å².